The number of hydrogen-bond donors (Lipinski definition) is 1. The third-order valence-electron chi connectivity index (χ3n) is 1.11. The topological polar surface area (TPSA) is 46.5 Å². The number of rotatable bonds is 5. The minimum atomic E-state index is -0.0816. The summed E-state index contributed by atoms with van der Waals surface area (Å²) in [4.78, 5) is 10.7. The van der Waals surface area contributed by atoms with Gasteiger partial charge in [-0.05, 0) is 6.42 Å². The van der Waals surface area contributed by atoms with E-state index in [4.69, 9.17) is 5.11 Å². The molecule has 0 aliphatic carbocycles. The summed E-state index contributed by atoms with van der Waals surface area (Å²) < 4.78 is 4.58. The lowest BCUT2D eigenvalue weighted by Gasteiger charge is -2.03. The standard InChI is InChI=1S/C7H13O3/c1-3-6(8)4-7(9)5-10-2/h8H,3-5H2,1-2H3. The van der Waals surface area contributed by atoms with Crippen LogP contribution in [0.1, 0.15) is 19.8 Å². The second-order valence-electron chi connectivity index (χ2n) is 2.07. The number of methoxy groups -OCH3 is 1. The molecule has 0 fully saturated rings. The number of Topliss-reactive ketones (excluding diaryl/α,β-unsaturated/α-hetero) is 1. The lowest BCUT2D eigenvalue weighted by atomic mass is 10.1. The van der Waals surface area contributed by atoms with Crippen LogP contribution >= 0.6 is 0 Å². The first kappa shape index (κ1) is 9.59. The number of ether oxygens (including phenoxy) is 1. The summed E-state index contributed by atoms with van der Waals surface area (Å²) in [6.07, 6.45) is 0.891. The van der Waals surface area contributed by atoms with E-state index in [1.165, 1.54) is 7.11 Å². The Balaban J connectivity index is 3.37. The van der Waals surface area contributed by atoms with Crippen molar-refractivity contribution < 1.29 is 14.6 Å². The Kier molecular flexibility index (Phi) is 5.16. The summed E-state index contributed by atoms with van der Waals surface area (Å²) in [5, 5.41) is 8.90. The van der Waals surface area contributed by atoms with Crippen molar-refractivity contribution in [3.05, 3.63) is 6.10 Å². The molecule has 0 aromatic rings. The van der Waals surface area contributed by atoms with Gasteiger partial charge in [0.05, 0.1) is 0 Å². The molecule has 0 atom stereocenters. The molecule has 0 spiro atoms. The van der Waals surface area contributed by atoms with Crippen LogP contribution in [0.5, 0.6) is 0 Å². The van der Waals surface area contributed by atoms with E-state index in [0.717, 1.165) is 0 Å². The maximum Gasteiger partial charge on any atom is 0.161 e. The summed E-state index contributed by atoms with van der Waals surface area (Å²) in [5.41, 5.74) is 0. The second kappa shape index (κ2) is 5.38. The molecule has 0 aliphatic rings. The van der Waals surface area contributed by atoms with Crippen LogP contribution in [-0.4, -0.2) is 24.6 Å². The van der Waals surface area contributed by atoms with Crippen molar-refractivity contribution in [2.24, 2.45) is 0 Å². The first-order valence-electron chi connectivity index (χ1n) is 3.25. The molecule has 0 amide bonds. The van der Waals surface area contributed by atoms with Crippen LogP contribution in [0.3, 0.4) is 0 Å². The SMILES string of the molecule is CC[C](O)CC(=O)COC. The van der Waals surface area contributed by atoms with Gasteiger partial charge in [0.1, 0.15) is 12.7 Å². The van der Waals surface area contributed by atoms with Crippen molar-refractivity contribution in [3.8, 4) is 0 Å². The lowest BCUT2D eigenvalue weighted by molar-refractivity contribution is -0.123. The Morgan fingerprint density at radius 2 is 2.20 bits per heavy atom. The Labute approximate surface area is 61.0 Å². The van der Waals surface area contributed by atoms with Crippen molar-refractivity contribution in [2.45, 2.75) is 19.8 Å². The number of hydrogen-bond acceptors (Lipinski definition) is 3. The van der Waals surface area contributed by atoms with Crippen LogP contribution < -0.4 is 0 Å². The fourth-order valence-corrected chi connectivity index (χ4v) is 0.565. The second-order valence-corrected chi connectivity index (χ2v) is 2.07. The van der Waals surface area contributed by atoms with Gasteiger partial charge in [-0.1, -0.05) is 6.92 Å². The highest BCUT2D eigenvalue weighted by atomic mass is 16.5. The predicted octanol–water partition coefficient (Wildman–Crippen LogP) is 0.906. The fourth-order valence-electron chi connectivity index (χ4n) is 0.565. The van der Waals surface area contributed by atoms with Crippen LogP contribution in [0, 0.1) is 6.10 Å². The summed E-state index contributed by atoms with van der Waals surface area (Å²) in [6.45, 7) is 1.89. The maximum absolute atomic E-state index is 10.7. The Bertz CT molecular complexity index is 101. The molecule has 10 heavy (non-hydrogen) atoms. The zero-order valence-electron chi connectivity index (χ0n) is 6.39. The van der Waals surface area contributed by atoms with Gasteiger partial charge in [-0.2, -0.15) is 0 Å². The molecule has 0 bridgehead atoms. The smallest absolute Gasteiger partial charge is 0.161 e. The van der Waals surface area contributed by atoms with Crippen LogP contribution in [0.25, 0.3) is 0 Å². The van der Waals surface area contributed by atoms with Gasteiger partial charge in [-0.25, -0.2) is 0 Å². The van der Waals surface area contributed by atoms with E-state index in [-0.39, 0.29) is 24.9 Å². The van der Waals surface area contributed by atoms with Crippen LogP contribution in [-0.2, 0) is 9.53 Å². The van der Waals surface area contributed by atoms with Gasteiger partial charge in [-0.3, -0.25) is 4.79 Å². The molecule has 0 aromatic carbocycles. The van der Waals surface area contributed by atoms with Crippen LogP contribution in [0.15, 0.2) is 0 Å². The van der Waals surface area contributed by atoms with Crippen LogP contribution in [0.2, 0.25) is 0 Å². The average molecular weight is 145 g/mol. The largest absolute Gasteiger partial charge is 0.386 e. The molecule has 1 N–H and O–H groups in total. The molecule has 0 saturated carbocycles. The predicted molar refractivity (Wildman–Crippen MR) is 37.0 cm³/mol. The zero-order valence-corrected chi connectivity index (χ0v) is 6.39. The summed E-state index contributed by atoms with van der Waals surface area (Å²) in [6, 6.07) is 0. The normalized spacial score (nSPS) is 10.4. The molecule has 0 saturated heterocycles. The van der Waals surface area contributed by atoms with Crippen molar-refractivity contribution in [2.75, 3.05) is 13.7 Å². The van der Waals surface area contributed by atoms with E-state index in [2.05, 4.69) is 4.74 Å². The monoisotopic (exact) mass is 145 g/mol. The molecule has 0 aliphatic heterocycles. The summed E-state index contributed by atoms with van der Waals surface area (Å²) in [7, 11) is 1.46. The Hall–Kier alpha value is -0.410. The minimum absolute atomic E-state index is 0.0816. The van der Waals surface area contributed by atoms with E-state index in [1.54, 1.807) is 6.92 Å². The van der Waals surface area contributed by atoms with Crippen molar-refractivity contribution in [1.29, 1.82) is 0 Å². The van der Waals surface area contributed by atoms with Crippen molar-refractivity contribution in [3.63, 3.8) is 0 Å². The zero-order chi connectivity index (χ0) is 7.98. The summed E-state index contributed by atoms with van der Waals surface area (Å²) in [5.74, 6) is -0.0816. The van der Waals surface area contributed by atoms with E-state index in [9.17, 15) is 4.79 Å². The number of carbonyl (C=O) groups is 1. The van der Waals surface area contributed by atoms with Crippen molar-refractivity contribution >= 4 is 5.78 Å². The third-order valence-corrected chi connectivity index (χ3v) is 1.11. The van der Waals surface area contributed by atoms with E-state index in [0.29, 0.717) is 6.42 Å². The molecule has 59 valence electrons. The van der Waals surface area contributed by atoms with E-state index in [1.807, 2.05) is 0 Å². The van der Waals surface area contributed by atoms with E-state index >= 15 is 0 Å². The maximum atomic E-state index is 10.7. The molecule has 1 radical (unpaired) electrons. The van der Waals surface area contributed by atoms with Gasteiger partial charge in [0.25, 0.3) is 0 Å². The number of aliphatic hydroxyl groups excluding tert-OH is 1. The van der Waals surface area contributed by atoms with Gasteiger partial charge in [-0.15, -0.1) is 0 Å². The molecule has 0 unspecified atom stereocenters. The molecule has 0 heterocycles. The lowest BCUT2D eigenvalue weighted by Crippen LogP contribution is -2.10. The van der Waals surface area contributed by atoms with E-state index < -0.39 is 0 Å². The Morgan fingerprint density at radius 3 is 2.60 bits per heavy atom. The van der Waals surface area contributed by atoms with Crippen LogP contribution in [0.4, 0.5) is 0 Å². The van der Waals surface area contributed by atoms with Gasteiger partial charge in [0.15, 0.2) is 5.78 Å². The first-order valence-corrected chi connectivity index (χ1v) is 3.25. The molecule has 0 rings (SSSR count). The van der Waals surface area contributed by atoms with Gasteiger partial charge >= 0.3 is 0 Å². The molecular weight excluding hydrogens is 132 g/mol. The molecule has 3 nitrogen and oxygen atoms in total. The number of carbonyl (C=O) groups excluding carboxylic acids is 1. The molecule has 3 heteroatoms. The molecular formula is C7H13O3. The highest BCUT2D eigenvalue weighted by Gasteiger charge is 2.08. The summed E-state index contributed by atoms with van der Waals surface area (Å²) >= 11 is 0. The quantitative estimate of drug-likeness (QED) is 0.625. The third kappa shape index (κ3) is 4.47. The highest BCUT2D eigenvalue weighted by molar-refractivity contribution is 5.80. The van der Waals surface area contributed by atoms with Gasteiger partial charge in [0.2, 0.25) is 0 Å². The minimum Gasteiger partial charge on any atom is -0.386 e. The average Bonchev–Trinajstić information content (AvgIpc) is 1.88. The van der Waals surface area contributed by atoms with Crippen molar-refractivity contribution in [1.82, 2.24) is 0 Å². The Morgan fingerprint density at radius 1 is 1.60 bits per heavy atom. The van der Waals surface area contributed by atoms with Gasteiger partial charge in [0, 0.05) is 13.5 Å². The first-order chi connectivity index (χ1) is 4.70. The molecule has 0 aromatic heterocycles. The number of ketones is 1. The fraction of sp³-hybridized carbons (Fsp3) is 0.714. The van der Waals surface area contributed by atoms with Gasteiger partial charge < -0.3 is 9.84 Å². The number of aliphatic hydroxyl groups is 1. The highest BCUT2D eigenvalue weighted by Crippen LogP contribution is 2.05.